The van der Waals surface area contributed by atoms with Gasteiger partial charge in [0.2, 0.25) is 11.8 Å². The fourth-order valence-corrected chi connectivity index (χ4v) is 3.61. The number of nitrogens with two attached hydrogens (primary N) is 1. The number of primary amides is 1. The van der Waals surface area contributed by atoms with E-state index in [1.807, 2.05) is 50.2 Å². The van der Waals surface area contributed by atoms with Crippen LogP contribution in [0.15, 0.2) is 48.5 Å². The fraction of sp³-hybridized carbons (Fsp3) is 0.417. The number of anilines is 1. The maximum atomic E-state index is 12.3. The van der Waals surface area contributed by atoms with Crippen molar-refractivity contribution in [3.05, 3.63) is 59.7 Å². The summed E-state index contributed by atoms with van der Waals surface area (Å²) in [5.74, 6) is 0.504. The molecule has 1 saturated heterocycles. The zero-order valence-corrected chi connectivity index (χ0v) is 18.3. The quantitative estimate of drug-likeness (QED) is 0.643. The van der Waals surface area contributed by atoms with Gasteiger partial charge in [0, 0.05) is 44.0 Å². The smallest absolute Gasteiger partial charge is 0.248 e. The fourth-order valence-electron chi connectivity index (χ4n) is 3.61. The van der Waals surface area contributed by atoms with Crippen LogP contribution in [0.4, 0.5) is 5.69 Å². The molecule has 7 nitrogen and oxygen atoms in total. The van der Waals surface area contributed by atoms with Crippen LogP contribution in [0, 0.1) is 0 Å². The van der Waals surface area contributed by atoms with Crippen LogP contribution in [0.5, 0.6) is 5.75 Å². The second kappa shape index (κ2) is 10.8. The Bertz CT molecular complexity index is 857. The average molecular weight is 425 g/mol. The third-order valence-electron chi connectivity index (χ3n) is 5.29. The van der Waals surface area contributed by atoms with Crippen molar-refractivity contribution in [2.45, 2.75) is 26.4 Å². The molecule has 0 unspecified atom stereocenters. The zero-order valence-electron chi connectivity index (χ0n) is 18.3. The van der Waals surface area contributed by atoms with Crippen LogP contribution in [0.1, 0.15) is 29.8 Å². The topological polar surface area (TPSA) is 87.9 Å². The first-order valence-electron chi connectivity index (χ1n) is 10.8. The molecule has 2 aromatic carbocycles. The highest BCUT2D eigenvalue weighted by atomic mass is 16.5. The summed E-state index contributed by atoms with van der Waals surface area (Å²) in [5.41, 5.74) is 8.05. The molecule has 3 rings (SSSR count). The van der Waals surface area contributed by atoms with E-state index in [1.54, 1.807) is 12.1 Å². The van der Waals surface area contributed by atoms with Crippen LogP contribution >= 0.6 is 0 Å². The highest BCUT2D eigenvalue weighted by Gasteiger charge is 2.19. The zero-order chi connectivity index (χ0) is 22.2. The lowest BCUT2D eigenvalue weighted by Crippen LogP contribution is -2.49. The molecule has 0 spiro atoms. The van der Waals surface area contributed by atoms with Gasteiger partial charge < -0.3 is 20.7 Å². The summed E-state index contributed by atoms with van der Waals surface area (Å²) >= 11 is 0. The number of hydrogen-bond acceptors (Lipinski definition) is 5. The van der Waals surface area contributed by atoms with Crippen LogP contribution in [0.25, 0.3) is 0 Å². The summed E-state index contributed by atoms with van der Waals surface area (Å²) in [5, 5.41) is 3.02. The molecule has 1 aliphatic rings. The van der Waals surface area contributed by atoms with E-state index in [9.17, 15) is 9.59 Å². The molecule has 0 bridgehead atoms. The van der Waals surface area contributed by atoms with E-state index in [0.717, 1.165) is 44.0 Å². The van der Waals surface area contributed by atoms with Gasteiger partial charge in [0.1, 0.15) is 5.75 Å². The first kappa shape index (κ1) is 22.6. The van der Waals surface area contributed by atoms with Crippen molar-refractivity contribution in [2.24, 2.45) is 5.73 Å². The van der Waals surface area contributed by atoms with Crippen LogP contribution in [0.2, 0.25) is 0 Å². The lowest BCUT2D eigenvalue weighted by atomic mass is 10.1. The lowest BCUT2D eigenvalue weighted by Gasteiger charge is -2.35. The molecule has 0 atom stereocenters. The lowest BCUT2D eigenvalue weighted by molar-refractivity contribution is -0.122. The molecule has 0 aromatic heterocycles. The molecule has 0 radical (unpaired) electrons. The van der Waals surface area contributed by atoms with Gasteiger partial charge in [0.15, 0.2) is 0 Å². The maximum absolute atomic E-state index is 12.3. The Labute approximate surface area is 184 Å². The molecule has 0 aliphatic carbocycles. The highest BCUT2D eigenvalue weighted by Crippen LogP contribution is 2.17. The van der Waals surface area contributed by atoms with E-state index in [4.69, 9.17) is 10.5 Å². The average Bonchev–Trinajstić information content (AvgIpc) is 2.75. The minimum atomic E-state index is -0.417. The monoisotopic (exact) mass is 424 g/mol. The van der Waals surface area contributed by atoms with Gasteiger partial charge in [-0.15, -0.1) is 0 Å². The van der Waals surface area contributed by atoms with Crippen LogP contribution in [-0.4, -0.2) is 62.1 Å². The largest absolute Gasteiger partial charge is 0.491 e. The van der Waals surface area contributed by atoms with E-state index >= 15 is 0 Å². The molecule has 1 aliphatic heterocycles. The third kappa shape index (κ3) is 7.00. The summed E-state index contributed by atoms with van der Waals surface area (Å²) in [4.78, 5) is 27.9. The normalized spacial score (nSPS) is 14.5. The number of carbonyl (C=O) groups excluding carboxylic acids is 2. The van der Waals surface area contributed by atoms with E-state index < -0.39 is 5.91 Å². The summed E-state index contributed by atoms with van der Waals surface area (Å²) in [6.07, 6.45) is 0.956. The van der Waals surface area contributed by atoms with E-state index in [-0.39, 0.29) is 12.0 Å². The molecule has 166 valence electrons. The first-order valence-corrected chi connectivity index (χ1v) is 10.8. The van der Waals surface area contributed by atoms with Crippen molar-refractivity contribution in [2.75, 3.05) is 44.2 Å². The molecule has 31 heavy (non-hydrogen) atoms. The van der Waals surface area contributed by atoms with Crippen molar-refractivity contribution >= 4 is 17.5 Å². The van der Waals surface area contributed by atoms with Crippen LogP contribution < -0.4 is 20.7 Å². The molecular weight excluding hydrogens is 392 g/mol. The van der Waals surface area contributed by atoms with E-state index in [1.165, 1.54) is 5.56 Å². The van der Waals surface area contributed by atoms with E-state index in [2.05, 4.69) is 15.1 Å². The molecule has 1 fully saturated rings. The van der Waals surface area contributed by atoms with Crippen molar-refractivity contribution in [3.63, 3.8) is 0 Å². The Morgan fingerprint density at radius 2 is 1.65 bits per heavy atom. The molecule has 3 N–H and O–H groups in total. The summed E-state index contributed by atoms with van der Waals surface area (Å²) < 4.78 is 5.65. The predicted octanol–water partition coefficient (Wildman–Crippen LogP) is 2.05. The Hall–Kier alpha value is -3.06. The van der Waals surface area contributed by atoms with Gasteiger partial charge in [0.05, 0.1) is 12.6 Å². The SMILES string of the molecule is CC(C)Oc1ccc(CCNC(=O)CN2CCN(c3ccc(C(N)=O)cc3)CC2)cc1. The standard InChI is InChI=1S/C24H32N4O3/c1-18(2)31-22-9-3-19(4-10-22)11-12-26-23(29)17-27-13-15-28(16-14-27)21-7-5-20(6-8-21)24(25)30/h3-10,18H,11-17H2,1-2H3,(H2,25,30)(H,26,29). The van der Waals surface area contributed by atoms with Crippen molar-refractivity contribution in [1.82, 2.24) is 10.2 Å². The first-order chi connectivity index (χ1) is 14.9. The number of amides is 2. The highest BCUT2D eigenvalue weighted by molar-refractivity contribution is 5.93. The van der Waals surface area contributed by atoms with Gasteiger partial charge in [-0.25, -0.2) is 0 Å². The molecular formula is C24H32N4O3. The number of rotatable bonds is 9. The Balaban J connectivity index is 1.35. The van der Waals surface area contributed by atoms with Crippen molar-refractivity contribution in [3.8, 4) is 5.75 Å². The number of benzene rings is 2. The molecule has 0 saturated carbocycles. The number of nitrogens with zero attached hydrogens (tertiary/aromatic N) is 2. The van der Waals surface area contributed by atoms with Crippen molar-refractivity contribution < 1.29 is 14.3 Å². The Kier molecular flexibility index (Phi) is 7.89. The van der Waals surface area contributed by atoms with Gasteiger partial charge in [0.25, 0.3) is 0 Å². The minimum Gasteiger partial charge on any atom is -0.491 e. The van der Waals surface area contributed by atoms with Gasteiger partial charge in [-0.2, -0.15) is 0 Å². The number of piperazine rings is 1. The Morgan fingerprint density at radius 3 is 2.23 bits per heavy atom. The van der Waals surface area contributed by atoms with Crippen LogP contribution in [-0.2, 0) is 11.2 Å². The van der Waals surface area contributed by atoms with Crippen LogP contribution in [0.3, 0.4) is 0 Å². The molecule has 7 heteroatoms. The molecule has 1 heterocycles. The third-order valence-corrected chi connectivity index (χ3v) is 5.29. The predicted molar refractivity (Wildman–Crippen MR) is 123 cm³/mol. The summed E-state index contributed by atoms with van der Waals surface area (Å²) in [7, 11) is 0. The molecule has 2 amide bonds. The van der Waals surface area contributed by atoms with Gasteiger partial charge in [-0.05, 0) is 62.2 Å². The molecule has 2 aromatic rings. The Morgan fingerprint density at radius 1 is 1.00 bits per heavy atom. The number of hydrogen-bond donors (Lipinski definition) is 2. The second-order valence-corrected chi connectivity index (χ2v) is 8.08. The minimum absolute atomic E-state index is 0.0547. The second-order valence-electron chi connectivity index (χ2n) is 8.08. The number of ether oxygens (including phenoxy) is 1. The van der Waals surface area contributed by atoms with Gasteiger partial charge in [-0.1, -0.05) is 12.1 Å². The van der Waals surface area contributed by atoms with Crippen molar-refractivity contribution in [1.29, 1.82) is 0 Å². The maximum Gasteiger partial charge on any atom is 0.248 e. The van der Waals surface area contributed by atoms with Gasteiger partial charge >= 0.3 is 0 Å². The van der Waals surface area contributed by atoms with Gasteiger partial charge in [-0.3, -0.25) is 14.5 Å². The summed E-state index contributed by atoms with van der Waals surface area (Å²) in [6, 6.07) is 15.4. The number of carbonyl (C=O) groups is 2. The van der Waals surface area contributed by atoms with E-state index in [0.29, 0.717) is 18.7 Å². The summed E-state index contributed by atoms with van der Waals surface area (Å²) in [6.45, 7) is 8.37. The number of nitrogens with one attached hydrogen (secondary N) is 1.